The van der Waals surface area contributed by atoms with E-state index in [0.29, 0.717) is 22.5 Å². The lowest BCUT2D eigenvalue weighted by Gasteiger charge is -2.28. The summed E-state index contributed by atoms with van der Waals surface area (Å²) < 4.78 is 56.9. The number of carbonyl (C=O) groups is 2. The van der Waals surface area contributed by atoms with Crippen LogP contribution in [0.1, 0.15) is 59.6 Å². The highest BCUT2D eigenvalue weighted by atomic mass is 32.2. The molecule has 64 heavy (non-hydrogen) atoms. The van der Waals surface area contributed by atoms with Gasteiger partial charge in [0.05, 0.1) is 24.6 Å². The van der Waals surface area contributed by atoms with Crippen molar-refractivity contribution in [1.82, 2.24) is 28.4 Å². The van der Waals surface area contributed by atoms with Gasteiger partial charge in [-0.3, -0.25) is 19.2 Å². The van der Waals surface area contributed by atoms with Crippen molar-refractivity contribution in [1.29, 1.82) is 0 Å². The molecule has 6 heterocycles. The van der Waals surface area contributed by atoms with E-state index in [-0.39, 0.29) is 62.3 Å². The fourth-order valence-corrected chi connectivity index (χ4v) is 12.7. The number of nitrogens with zero attached hydrogens (tertiary/aromatic N) is 4. The summed E-state index contributed by atoms with van der Waals surface area (Å²) in [7, 11) is -7.64. The maximum Gasteiger partial charge on any atom is 0.258 e. The van der Waals surface area contributed by atoms with Crippen LogP contribution < -0.4 is 21.8 Å². The Morgan fingerprint density at radius 3 is 1.28 bits per heavy atom. The summed E-state index contributed by atoms with van der Waals surface area (Å²) in [5.74, 6) is -2.92. The number of hydrogen-bond donors (Lipinski definition) is 4. The van der Waals surface area contributed by atoms with Crippen molar-refractivity contribution in [2.24, 2.45) is 23.7 Å². The molecule has 2 aromatic heterocycles. The predicted molar refractivity (Wildman–Crippen MR) is 242 cm³/mol. The number of allylic oxidation sites excluding steroid dienone is 2. The standard InChI is InChI=1S/2C23H27N3O5S/c2*1-3-7-16-10-11-19-20-17(13-25(19)23(16)29)18(14-27)21(26(20)32(2,30)31)22(28)24-12-15-8-5-4-6-9-15/h2*3-11,17-18,20-21,27H,12-14H2,1-2H3,(H,24,28)/b7-3+;7-3-/t2*17-,18-,20+,21-/m11/s1. The third-order valence-corrected chi connectivity index (χ3v) is 15.2. The maximum atomic E-state index is 13.2. The lowest BCUT2D eigenvalue weighted by Crippen LogP contribution is -2.49. The number of benzene rings is 2. The second-order valence-corrected chi connectivity index (χ2v) is 20.4. The van der Waals surface area contributed by atoms with Crippen molar-refractivity contribution in [3.05, 3.63) is 151 Å². The lowest BCUT2D eigenvalue weighted by atomic mass is 9.88. The van der Waals surface area contributed by atoms with E-state index < -0.39 is 67.9 Å². The molecule has 2 aromatic carbocycles. The first-order valence-electron chi connectivity index (χ1n) is 21.1. The molecule has 2 fully saturated rings. The molecule has 0 aliphatic carbocycles. The highest BCUT2D eigenvalue weighted by Crippen LogP contribution is 2.51. The number of aliphatic hydroxyl groups excluding tert-OH is 2. The second-order valence-electron chi connectivity index (χ2n) is 16.7. The Balaban J connectivity index is 0.000000191. The Hall–Kier alpha value is -5.50. The molecular weight excluding hydrogens is 861 g/mol. The first kappa shape index (κ1) is 46.5. The number of amides is 2. The number of nitrogens with one attached hydrogen (secondary N) is 2. The Morgan fingerprint density at radius 1 is 0.609 bits per heavy atom. The smallest absolute Gasteiger partial charge is 0.258 e. The van der Waals surface area contributed by atoms with Crippen LogP contribution in [0.25, 0.3) is 12.2 Å². The van der Waals surface area contributed by atoms with Crippen LogP contribution in [0.15, 0.2) is 107 Å². The van der Waals surface area contributed by atoms with Crippen LogP contribution in [0, 0.1) is 23.7 Å². The molecule has 0 saturated carbocycles. The van der Waals surface area contributed by atoms with Crippen molar-refractivity contribution in [2.75, 3.05) is 25.7 Å². The zero-order valence-electron chi connectivity index (χ0n) is 36.0. The molecule has 340 valence electrons. The second kappa shape index (κ2) is 18.9. The summed E-state index contributed by atoms with van der Waals surface area (Å²) in [5, 5.41) is 26.0. The monoisotopic (exact) mass is 914 g/mol. The van der Waals surface area contributed by atoms with Gasteiger partial charge in [0, 0.05) is 85.6 Å². The fraction of sp³-hybridized carbons (Fsp3) is 0.391. The molecule has 4 aromatic rings. The van der Waals surface area contributed by atoms with Gasteiger partial charge in [-0.15, -0.1) is 0 Å². The molecule has 0 spiro atoms. The van der Waals surface area contributed by atoms with Crippen LogP contribution in [0.5, 0.6) is 0 Å². The highest BCUT2D eigenvalue weighted by molar-refractivity contribution is 7.88. The summed E-state index contributed by atoms with van der Waals surface area (Å²) in [6, 6.07) is 22.0. The average Bonchev–Trinajstić information content (AvgIpc) is 4.01. The molecule has 0 bridgehead atoms. The van der Waals surface area contributed by atoms with Gasteiger partial charge in [0.15, 0.2) is 0 Å². The van der Waals surface area contributed by atoms with Crippen LogP contribution in [0.4, 0.5) is 0 Å². The molecule has 18 heteroatoms. The molecule has 8 rings (SSSR count). The zero-order chi connectivity index (χ0) is 46.1. The van der Waals surface area contributed by atoms with Crippen molar-refractivity contribution in [2.45, 2.75) is 64.2 Å². The van der Waals surface area contributed by atoms with Crippen LogP contribution in [-0.2, 0) is 55.8 Å². The maximum absolute atomic E-state index is 13.2. The molecule has 16 nitrogen and oxygen atoms in total. The number of aliphatic hydroxyl groups is 2. The minimum atomic E-state index is -3.82. The van der Waals surface area contributed by atoms with Crippen LogP contribution in [0.3, 0.4) is 0 Å². The molecule has 4 aliphatic rings. The number of rotatable bonds is 12. The molecule has 4 aliphatic heterocycles. The third-order valence-electron chi connectivity index (χ3n) is 12.7. The van der Waals surface area contributed by atoms with Crippen molar-refractivity contribution in [3.8, 4) is 0 Å². The minimum Gasteiger partial charge on any atom is -0.396 e. The van der Waals surface area contributed by atoms with E-state index in [9.17, 15) is 46.2 Å². The summed E-state index contributed by atoms with van der Waals surface area (Å²) in [6.45, 7) is 3.93. The van der Waals surface area contributed by atoms with Gasteiger partial charge in [-0.25, -0.2) is 16.8 Å². The third kappa shape index (κ3) is 8.82. The quantitative estimate of drug-likeness (QED) is 0.163. The first-order chi connectivity index (χ1) is 30.5. The fourth-order valence-electron chi connectivity index (χ4n) is 10.0. The number of aromatic nitrogens is 2. The van der Waals surface area contributed by atoms with E-state index in [1.165, 1.54) is 8.61 Å². The zero-order valence-corrected chi connectivity index (χ0v) is 37.7. The van der Waals surface area contributed by atoms with E-state index >= 15 is 0 Å². The molecule has 4 N–H and O–H groups in total. The summed E-state index contributed by atoms with van der Waals surface area (Å²) in [4.78, 5) is 52.2. The average molecular weight is 915 g/mol. The van der Waals surface area contributed by atoms with Gasteiger partial charge in [-0.1, -0.05) is 85.0 Å². The summed E-state index contributed by atoms with van der Waals surface area (Å²) >= 11 is 0. The molecule has 0 unspecified atom stereocenters. The first-order valence-corrected chi connectivity index (χ1v) is 24.8. The van der Waals surface area contributed by atoms with Crippen molar-refractivity contribution < 1.29 is 36.6 Å². The topological polar surface area (TPSA) is 217 Å². The number of hydrogen-bond acceptors (Lipinski definition) is 10. The SMILES string of the molecule is C/C=C/c1ccc2n(c1=O)C[C@@H]1[C@@H](CO)[C@H](C(=O)NCc3ccccc3)N(S(C)(=O)=O)[C@H]21.C/C=C\c1ccc2n(c1=O)C[C@@H]1[C@@H](CO)[C@H](C(=O)NCc3ccccc3)N(S(C)(=O)=O)[C@H]21. The normalized spacial score (nSPS) is 25.1. The van der Waals surface area contributed by atoms with Crippen LogP contribution >= 0.6 is 0 Å². The number of carbonyl (C=O) groups excluding carboxylic acids is 2. The highest BCUT2D eigenvalue weighted by Gasteiger charge is 2.60. The van der Waals surface area contributed by atoms with E-state index in [1.54, 1.807) is 57.7 Å². The molecule has 0 radical (unpaired) electrons. The van der Waals surface area contributed by atoms with Gasteiger partial charge in [0.1, 0.15) is 12.1 Å². The van der Waals surface area contributed by atoms with Crippen molar-refractivity contribution >= 4 is 44.0 Å². The Morgan fingerprint density at radius 2 is 0.969 bits per heavy atom. The predicted octanol–water partition coefficient (Wildman–Crippen LogP) is 2.24. The largest absolute Gasteiger partial charge is 0.396 e. The Kier molecular flexibility index (Phi) is 13.7. The number of fused-ring (bicyclic) bond motifs is 6. The van der Waals surface area contributed by atoms with E-state index in [1.807, 2.05) is 74.5 Å². The van der Waals surface area contributed by atoms with Crippen LogP contribution in [0.2, 0.25) is 0 Å². The van der Waals surface area contributed by atoms with Crippen molar-refractivity contribution in [3.63, 3.8) is 0 Å². The number of sulfonamides is 2. The van der Waals surface area contributed by atoms with Gasteiger partial charge >= 0.3 is 0 Å². The summed E-state index contributed by atoms with van der Waals surface area (Å²) in [6.07, 6.45) is 9.09. The Bertz CT molecular complexity index is 2600. The van der Waals surface area contributed by atoms with E-state index in [2.05, 4.69) is 10.6 Å². The van der Waals surface area contributed by atoms with Crippen LogP contribution in [-0.4, -0.2) is 94.4 Å². The van der Waals surface area contributed by atoms with E-state index in [0.717, 1.165) is 23.6 Å². The minimum absolute atomic E-state index is 0.204. The van der Waals surface area contributed by atoms with Gasteiger partial charge in [-0.2, -0.15) is 8.61 Å². The Labute approximate surface area is 372 Å². The molecule has 8 atom stereocenters. The summed E-state index contributed by atoms with van der Waals surface area (Å²) in [5.41, 5.74) is 3.50. The van der Waals surface area contributed by atoms with Gasteiger partial charge in [-0.05, 0) is 49.2 Å². The number of pyridine rings is 2. The van der Waals surface area contributed by atoms with Gasteiger partial charge < -0.3 is 30.0 Å². The molecule has 2 amide bonds. The van der Waals surface area contributed by atoms with E-state index in [4.69, 9.17) is 0 Å². The van der Waals surface area contributed by atoms with Gasteiger partial charge in [0.25, 0.3) is 11.1 Å². The molecular formula is C46H54N6O10S2. The lowest BCUT2D eigenvalue weighted by molar-refractivity contribution is -0.127. The molecule has 2 saturated heterocycles. The van der Waals surface area contributed by atoms with Gasteiger partial charge in [0.2, 0.25) is 31.9 Å².